The molecule has 0 bridgehead atoms. The number of carbonyl (C=O) groups is 2. The number of aryl methyl sites for hydroxylation is 2. The maximum atomic E-state index is 11.9. The number of aromatic nitrogens is 2. The van der Waals surface area contributed by atoms with E-state index in [-0.39, 0.29) is 17.7 Å². The van der Waals surface area contributed by atoms with Crippen molar-refractivity contribution in [2.75, 3.05) is 6.54 Å². The topological polar surface area (TPSA) is 84.2 Å². The summed E-state index contributed by atoms with van der Waals surface area (Å²) in [6.45, 7) is 2.29. The monoisotopic (exact) mass is 265 g/mol. The van der Waals surface area contributed by atoms with Crippen LogP contribution >= 0.6 is 0 Å². The molecule has 6 nitrogen and oxygen atoms in total. The summed E-state index contributed by atoms with van der Waals surface area (Å²) in [5.41, 5.74) is 1.03. The molecule has 104 valence electrons. The fourth-order valence-electron chi connectivity index (χ4n) is 2.44. The number of hydrogen-bond donors (Lipinski definition) is 2. The van der Waals surface area contributed by atoms with Crippen LogP contribution in [0.1, 0.15) is 41.9 Å². The van der Waals surface area contributed by atoms with Gasteiger partial charge in [-0.15, -0.1) is 0 Å². The van der Waals surface area contributed by atoms with Crippen molar-refractivity contribution in [3.8, 4) is 0 Å². The van der Waals surface area contributed by atoms with Crippen LogP contribution < -0.4 is 5.32 Å². The van der Waals surface area contributed by atoms with Crippen LogP contribution in [0.2, 0.25) is 0 Å². The van der Waals surface area contributed by atoms with Crippen molar-refractivity contribution in [1.82, 2.24) is 15.1 Å². The van der Waals surface area contributed by atoms with E-state index in [0.717, 1.165) is 25.0 Å². The second kappa shape index (κ2) is 5.03. The zero-order chi connectivity index (χ0) is 14.0. The van der Waals surface area contributed by atoms with Crippen LogP contribution in [-0.4, -0.2) is 33.3 Å². The number of carboxylic acid groups (broad SMARTS) is 1. The van der Waals surface area contributed by atoms with Crippen LogP contribution in [0.3, 0.4) is 0 Å². The Bertz CT molecular complexity index is 484. The number of nitrogens with one attached hydrogen (secondary N) is 1. The quantitative estimate of drug-likeness (QED) is 0.835. The van der Waals surface area contributed by atoms with E-state index >= 15 is 0 Å². The zero-order valence-corrected chi connectivity index (χ0v) is 11.3. The second-order valence-corrected chi connectivity index (χ2v) is 5.40. The van der Waals surface area contributed by atoms with Gasteiger partial charge in [0.15, 0.2) is 0 Å². The normalized spacial score (nSPS) is 16.7. The molecule has 1 aromatic rings. The lowest BCUT2D eigenvalue weighted by molar-refractivity contribution is -0.141. The fourth-order valence-corrected chi connectivity index (χ4v) is 2.44. The van der Waals surface area contributed by atoms with Crippen LogP contribution in [0.5, 0.6) is 0 Å². The maximum absolute atomic E-state index is 11.9. The van der Waals surface area contributed by atoms with E-state index in [0.29, 0.717) is 12.2 Å². The molecule has 1 fully saturated rings. The minimum Gasteiger partial charge on any atom is -0.481 e. The van der Waals surface area contributed by atoms with Crippen LogP contribution in [0.25, 0.3) is 0 Å². The van der Waals surface area contributed by atoms with Crippen LogP contribution in [0.15, 0.2) is 6.07 Å². The van der Waals surface area contributed by atoms with Gasteiger partial charge in [-0.25, -0.2) is 0 Å². The van der Waals surface area contributed by atoms with E-state index in [1.807, 2.05) is 6.92 Å². The first-order chi connectivity index (χ1) is 8.92. The number of nitrogens with zero attached hydrogens (tertiary/aromatic N) is 2. The molecule has 0 aliphatic heterocycles. The van der Waals surface area contributed by atoms with Crippen molar-refractivity contribution in [2.45, 2.75) is 32.6 Å². The first-order valence-electron chi connectivity index (χ1n) is 6.42. The number of carbonyl (C=O) groups excluding carboxylic acids is 1. The Morgan fingerprint density at radius 2 is 2.21 bits per heavy atom. The van der Waals surface area contributed by atoms with Gasteiger partial charge in [-0.05, 0) is 31.2 Å². The lowest BCUT2D eigenvalue weighted by Gasteiger charge is -2.40. The van der Waals surface area contributed by atoms with Gasteiger partial charge in [0.1, 0.15) is 5.69 Å². The number of aliphatic carboxylic acids is 1. The predicted octanol–water partition coefficient (Wildman–Crippen LogP) is 1.10. The highest BCUT2D eigenvalue weighted by Crippen LogP contribution is 2.43. The molecule has 2 rings (SSSR count). The summed E-state index contributed by atoms with van der Waals surface area (Å²) in [7, 11) is 1.78. The Morgan fingerprint density at radius 1 is 1.53 bits per heavy atom. The second-order valence-electron chi connectivity index (χ2n) is 5.40. The molecule has 0 radical (unpaired) electrons. The third-order valence-corrected chi connectivity index (χ3v) is 3.91. The minimum absolute atomic E-state index is 0.120. The highest BCUT2D eigenvalue weighted by molar-refractivity contribution is 5.92. The van der Waals surface area contributed by atoms with Crippen molar-refractivity contribution in [1.29, 1.82) is 0 Å². The average molecular weight is 265 g/mol. The Labute approximate surface area is 111 Å². The van der Waals surface area contributed by atoms with Gasteiger partial charge in [0, 0.05) is 19.3 Å². The van der Waals surface area contributed by atoms with Gasteiger partial charge < -0.3 is 10.4 Å². The summed E-state index contributed by atoms with van der Waals surface area (Å²) < 4.78 is 1.64. The Hall–Kier alpha value is -1.85. The minimum atomic E-state index is -0.803. The van der Waals surface area contributed by atoms with Crippen LogP contribution in [0.4, 0.5) is 0 Å². The highest BCUT2D eigenvalue weighted by Gasteiger charge is 2.39. The van der Waals surface area contributed by atoms with Gasteiger partial charge in [0.05, 0.1) is 6.42 Å². The van der Waals surface area contributed by atoms with Crippen LogP contribution in [-0.2, 0) is 11.8 Å². The SMILES string of the molecule is Cc1cc(C(=O)NCC2(CC(=O)O)CCC2)nn1C. The highest BCUT2D eigenvalue weighted by atomic mass is 16.4. The van der Waals surface area contributed by atoms with E-state index in [1.165, 1.54) is 0 Å². The molecule has 1 aromatic heterocycles. The molecule has 0 saturated heterocycles. The summed E-state index contributed by atoms with van der Waals surface area (Å²) in [5.74, 6) is -1.04. The third kappa shape index (κ3) is 2.94. The molecule has 1 aliphatic carbocycles. The molecule has 1 aliphatic rings. The standard InChI is InChI=1S/C13H19N3O3/c1-9-6-10(15-16(9)2)12(19)14-8-13(4-3-5-13)7-11(17)18/h6H,3-5,7-8H2,1-2H3,(H,14,19)(H,17,18). The van der Waals surface area contributed by atoms with Gasteiger partial charge in [-0.3, -0.25) is 14.3 Å². The molecule has 1 amide bonds. The Balaban J connectivity index is 1.94. The number of amides is 1. The van der Waals surface area contributed by atoms with E-state index in [4.69, 9.17) is 5.11 Å². The summed E-state index contributed by atoms with van der Waals surface area (Å²) in [5, 5.41) is 15.8. The fraction of sp³-hybridized carbons (Fsp3) is 0.615. The molecule has 0 unspecified atom stereocenters. The average Bonchev–Trinajstić information content (AvgIpc) is 2.62. The lowest BCUT2D eigenvalue weighted by Crippen LogP contribution is -2.43. The Kier molecular flexibility index (Phi) is 3.59. The summed E-state index contributed by atoms with van der Waals surface area (Å²) in [4.78, 5) is 22.8. The first kappa shape index (κ1) is 13.6. The third-order valence-electron chi connectivity index (χ3n) is 3.91. The smallest absolute Gasteiger partial charge is 0.303 e. The zero-order valence-electron chi connectivity index (χ0n) is 11.3. The van der Waals surface area contributed by atoms with E-state index in [9.17, 15) is 9.59 Å². The molecule has 6 heteroatoms. The largest absolute Gasteiger partial charge is 0.481 e. The molecule has 19 heavy (non-hydrogen) atoms. The molecule has 2 N–H and O–H groups in total. The number of hydrogen-bond acceptors (Lipinski definition) is 3. The van der Waals surface area contributed by atoms with Crippen molar-refractivity contribution in [2.24, 2.45) is 12.5 Å². The molecule has 0 aromatic carbocycles. The van der Waals surface area contributed by atoms with E-state index < -0.39 is 5.97 Å². The molecule has 1 heterocycles. The summed E-state index contributed by atoms with van der Waals surface area (Å²) in [6, 6.07) is 1.72. The molecular weight excluding hydrogens is 246 g/mol. The van der Waals surface area contributed by atoms with Gasteiger partial charge in [0.2, 0.25) is 0 Å². The molecule has 1 saturated carbocycles. The van der Waals surface area contributed by atoms with Gasteiger partial charge in [-0.1, -0.05) is 6.42 Å². The maximum Gasteiger partial charge on any atom is 0.303 e. The summed E-state index contributed by atoms with van der Waals surface area (Å²) in [6.07, 6.45) is 2.88. The predicted molar refractivity (Wildman–Crippen MR) is 68.8 cm³/mol. The number of rotatable bonds is 5. The number of carboxylic acids is 1. The molecule has 0 atom stereocenters. The molecular formula is C13H19N3O3. The van der Waals surface area contributed by atoms with Crippen molar-refractivity contribution < 1.29 is 14.7 Å². The lowest BCUT2D eigenvalue weighted by atomic mass is 9.66. The van der Waals surface area contributed by atoms with Gasteiger partial charge in [-0.2, -0.15) is 5.10 Å². The summed E-state index contributed by atoms with van der Waals surface area (Å²) >= 11 is 0. The Morgan fingerprint density at radius 3 is 2.63 bits per heavy atom. The van der Waals surface area contributed by atoms with E-state index in [2.05, 4.69) is 10.4 Å². The van der Waals surface area contributed by atoms with Crippen LogP contribution in [0, 0.1) is 12.3 Å². The van der Waals surface area contributed by atoms with E-state index in [1.54, 1.807) is 17.8 Å². The molecule has 0 spiro atoms. The van der Waals surface area contributed by atoms with Gasteiger partial charge in [0.25, 0.3) is 5.91 Å². The van der Waals surface area contributed by atoms with Gasteiger partial charge >= 0.3 is 5.97 Å². The van der Waals surface area contributed by atoms with Crippen molar-refractivity contribution in [3.63, 3.8) is 0 Å². The first-order valence-corrected chi connectivity index (χ1v) is 6.42. The van der Waals surface area contributed by atoms with Crippen molar-refractivity contribution in [3.05, 3.63) is 17.5 Å². The van der Waals surface area contributed by atoms with Crippen molar-refractivity contribution >= 4 is 11.9 Å².